The number of rotatable bonds is 2. The Balaban J connectivity index is 2.53. The Bertz CT molecular complexity index is 484. The van der Waals surface area contributed by atoms with Crippen molar-refractivity contribution in [3.63, 3.8) is 0 Å². The van der Waals surface area contributed by atoms with Crippen LogP contribution in [0.25, 0.3) is 5.69 Å². The monoisotopic (exact) mass is 269 g/mol. The van der Waals surface area contributed by atoms with Crippen LogP contribution < -0.4 is 10.5 Å². The van der Waals surface area contributed by atoms with Crippen molar-refractivity contribution in [2.45, 2.75) is 0 Å². The first-order valence-electron chi connectivity index (χ1n) is 4.09. The topological polar surface area (TPSA) is 78.8 Å². The lowest BCUT2D eigenvalue weighted by atomic mass is 10.3. The molecular formula is C8H8BrN5O. The highest BCUT2D eigenvalue weighted by Gasteiger charge is 2.06. The number of ether oxygens (including phenoxy) is 1. The number of tetrazole rings is 1. The first-order chi connectivity index (χ1) is 7.20. The maximum absolute atomic E-state index is 5.58. The molecule has 0 aliphatic carbocycles. The summed E-state index contributed by atoms with van der Waals surface area (Å²) >= 11 is 3.36. The minimum atomic E-state index is 0.232. The maximum atomic E-state index is 5.58. The van der Waals surface area contributed by atoms with Gasteiger partial charge in [-0.05, 0) is 22.6 Å². The maximum Gasteiger partial charge on any atom is 0.245 e. The van der Waals surface area contributed by atoms with Gasteiger partial charge in [0.2, 0.25) is 5.95 Å². The lowest BCUT2D eigenvalue weighted by Crippen LogP contribution is -2.02. The Kier molecular flexibility index (Phi) is 2.55. The number of halogens is 1. The molecule has 15 heavy (non-hydrogen) atoms. The molecule has 1 heterocycles. The number of nitrogens with zero attached hydrogens (tertiary/aromatic N) is 4. The van der Waals surface area contributed by atoms with Crippen molar-refractivity contribution >= 4 is 21.9 Å². The summed E-state index contributed by atoms with van der Waals surface area (Å²) in [4.78, 5) is 0. The second-order valence-corrected chi connectivity index (χ2v) is 3.71. The van der Waals surface area contributed by atoms with E-state index >= 15 is 0 Å². The Labute approximate surface area is 94.2 Å². The minimum Gasteiger partial charge on any atom is -0.497 e. The molecule has 1 aromatic carbocycles. The van der Waals surface area contributed by atoms with Crippen molar-refractivity contribution in [3.8, 4) is 11.4 Å². The van der Waals surface area contributed by atoms with E-state index in [-0.39, 0.29) is 5.95 Å². The average Bonchev–Trinajstić information content (AvgIpc) is 2.63. The number of hydrogen-bond acceptors (Lipinski definition) is 5. The Morgan fingerprint density at radius 2 is 2.20 bits per heavy atom. The van der Waals surface area contributed by atoms with E-state index in [1.165, 1.54) is 4.68 Å². The summed E-state index contributed by atoms with van der Waals surface area (Å²) in [6, 6.07) is 5.47. The molecule has 78 valence electrons. The molecule has 0 fully saturated rings. The largest absolute Gasteiger partial charge is 0.497 e. The third-order valence-corrected chi connectivity index (χ3v) is 2.29. The Morgan fingerprint density at radius 1 is 1.40 bits per heavy atom. The van der Waals surface area contributed by atoms with Crippen LogP contribution in [0.15, 0.2) is 22.7 Å². The van der Waals surface area contributed by atoms with Crippen LogP contribution in [0.5, 0.6) is 5.75 Å². The van der Waals surface area contributed by atoms with E-state index in [1.54, 1.807) is 13.2 Å². The van der Waals surface area contributed by atoms with E-state index in [2.05, 4.69) is 31.5 Å². The van der Waals surface area contributed by atoms with Gasteiger partial charge in [0.05, 0.1) is 12.8 Å². The van der Waals surface area contributed by atoms with Gasteiger partial charge in [0.1, 0.15) is 5.75 Å². The van der Waals surface area contributed by atoms with E-state index in [4.69, 9.17) is 10.5 Å². The van der Waals surface area contributed by atoms with Crippen molar-refractivity contribution in [3.05, 3.63) is 22.7 Å². The van der Waals surface area contributed by atoms with Gasteiger partial charge in [-0.15, -0.1) is 0 Å². The molecule has 1 aromatic heterocycles. The zero-order valence-electron chi connectivity index (χ0n) is 7.88. The van der Waals surface area contributed by atoms with Crippen LogP contribution in [0, 0.1) is 0 Å². The summed E-state index contributed by atoms with van der Waals surface area (Å²) in [6.45, 7) is 0. The van der Waals surface area contributed by atoms with E-state index in [9.17, 15) is 0 Å². The van der Waals surface area contributed by atoms with Crippen LogP contribution in [-0.2, 0) is 0 Å². The SMILES string of the molecule is COc1cc(Br)cc(-n2nnnc2N)c1. The summed E-state index contributed by atoms with van der Waals surface area (Å²) in [7, 11) is 1.59. The molecule has 0 saturated heterocycles. The molecule has 0 saturated carbocycles. The first kappa shape index (κ1) is 9.91. The zero-order valence-corrected chi connectivity index (χ0v) is 9.47. The van der Waals surface area contributed by atoms with Gasteiger partial charge >= 0.3 is 0 Å². The molecule has 0 bridgehead atoms. The molecule has 0 radical (unpaired) electrons. The van der Waals surface area contributed by atoms with Gasteiger partial charge in [-0.3, -0.25) is 0 Å². The summed E-state index contributed by atoms with van der Waals surface area (Å²) in [6.07, 6.45) is 0. The quantitative estimate of drug-likeness (QED) is 0.881. The third-order valence-electron chi connectivity index (χ3n) is 1.83. The van der Waals surface area contributed by atoms with Crippen LogP contribution in [-0.4, -0.2) is 27.3 Å². The summed E-state index contributed by atoms with van der Waals surface area (Å²) in [5.74, 6) is 0.935. The summed E-state index contributed by atoms with van der Waals surface area (Å²) < 4.78 is 7.41. The summed E-state index contributed by atoms with van der Waals surface area (Å²) in [5, 5.41) is 10.8. The van der Waals surface area contributed by atoms with Crippen LogP contribution in [0.2, 0.25) is 0 Å². The number of aromatic nitrogens is 4. The average molecular weight is 270 g/mol. The molecule has 0 aliphatic heterocycles. The number of anilines is 1. The molecule has 2 N–H and O–H groups in total. The molecule has 7 heteroatoms. The van der Waals surface area contributed by atoms with Crippen molar-refractivity contribution < 1.29 is 4.74 Å². The van der Waals surface area contributed by atoms with E-state index in [0.717, 1.165) is 10.2 Å². The fourth-order valence-corrected chi connectivity index (χ4v) is 1.63. The Morgan fingerprint density at radius 3 is 2.80 bits per heavy atom. The Hall–Kier alpha value is -1.63. The molecule has 2 rings (SSSR count). The second-order valence-electron chi connectivity index (χ2n) is 2.80. The molecule has 0 unspecified atom stereocenters. The van der Waals surface area contributed by atoms with Crippen LogP contribution >= 0.6 is 15.9 Å². The highest BCUT2D eigenvalue weighted by Crippen LogP contribution is 2.23. The fourth-order valence-electron chi connectivity index (χ4n) is 1.17. The van der Waals surface area contributed by atoms with Gasteiger partial charge in [0, 0.05) is 10.5 Å². The molecular weight excluding hydrogens is 262 g/mol. The van der Waals surface area contributed by atoms with E-state index < -0.39 is 0 Å². The normalized spacial score (nSPS) is 10.3. The molecule has 0 amide bonds. The van der Waals surface area contributed by atoms with Gasteiger partial charge in [-0.25, -0.2) is 0 Å². The number of methoxy groups -OCH3 is 1. The van der Waals surface area contributed by atoms with Crippen LogP contribution in [0.3, 0.4) is 0 Å². The van der Waals surface area contributed by atoms with Crippen molar-refractivity contribution in [2.24, 2.45) is 0 Å². The number of hydrogen-bond donors (Lipinski definition) is 1. The molecule has 0 aliphatic rings. The molecule has 6 nitrogen and oxygen atoms in total. The van der Waals surface area contributed by atoms with Crippen LogP contribution in [0.1, 0.15) is 0 Å². The van der Waals surface area contributed by atoms with Gasteiger partial charge in [-0.1, -0.05) is 21.0 Å². The van der Waals surface area contributed by atoms with Crippen LogP contribution in [0.4, 0.5) is 5.95 Å². The summed E-state index contributed by atoms with van der Waals surface area (Å²) in [5.41, 5.74) is 6.32. The lowest BCUT2D eigenvalue weighted by Gasteiger charge is -2.05. The molecule has 2 aromatic rings. The van der Waals surface area contributed by atoms with Gasteiger partial charge in [-0.2, -0.15) is 4.68 Å². The van der Waals surface area contributed by atoms with Crippen molar-refractivity contribution in [2.75, 3.05) is 12.8 Å². The number of benzene rings is 1. The van der Waals surface area contributed by atoms with Crippen molar-refractivity contribution in [1.82, 2.24) is 20.2 Å². The lowest BCUT2D eigenvalue weighted by molar-refractivity contribution is 0.414. The van der Waals surface area contributed by atoms with E-state index in [1.807, 2.05) is 12.1 Å². The van der Waals surface area contributed by atoms with Crippen molar-refractivity contribution in [1.29, 1.82) is 0 Å². The first-order valence-corrected chi connectivity index (χ1v) is 4.89. The highest BCUT2D eigenvalue weighted by atomic mass is 79.9. The second kappa shape index (κ2) is 3.85. The fraction of sp³-hybridized carbons (Fsp3) is 0.125. The van der Waals surface area contributed by atoms with Gasteiger partial charge in [0.25, 0.3) is 0 Å². The van der Waals surface area contributed by atoms with Gasteiger partial charge in [0.15, 0.2) is 0 Å². The number of nitrogens with two attached hydrogens (primary N) is 1. The van der Waals surface area contributed by atoms with Gasteiger partial charge < -0.3 is 10.5 Å². The predicted molar refractivity (Wildman–Crippen MR) is 57.8 cm³/mol. The smallest absolute Gasteiger partial charge is 0.245 e. The zero-order chi connectivity index (χ0) is 10.8. The predicted octanol–water partition coefficient (Wildman–Crippen LogP) is 1.02. The molecule has 0 spiro atoms. The standard InChI is InChI=1S/C8H8BrN5O/c1-15-7-3-5(9)2-6(4-7)14-8(10)11-12-13-14/h2-4H,1H3,(H2,10,11,13). The van der Waals surface area contributed by atoms with E-state index in [0.29, 0.717) is 5.75 Å². The number of nitrogen functional groups attached to an aromatic ring is 1. The minimum absolute atomic E-state index is 0.232. The molecule has 0 atom stereocenters. The third kappa shape index (κ3) is 1.91. The highest BCUT2D eigenvalue weighted by molar-refractivity contribution is 9.10.